The van der Waals surface area contributed by atoms with Gasteiger partial charge < -0.3 is 19.3 Å². The van der Waals surface area contributed by atoms with Crippen molar-refractivity contribution in [1.82, 2.24) is 10.1 Å². The zero-order valence-corrected chi connectivity index (χ0v) is 17.9. The number of carbonyl (C=O) groups is 1. The van der Waals surface area contributed by atoms with Crippen molar-refractivity contribution < 1.29 is 18.8 Å². The quantitative estimate of drug-likeness (QED) is 0.403. The normalized spacial score (nSPS) is 10.6. The molecule has 0 aliphatic rings. The first-order valence-corrected chi connectivity index (χ1v) is 10.2. The van der Waals surface area contributed by atoms with Gasteiger partial charge in [0, 0.05) is 18.4 Å². The van der Waals surface area contributed by atoms with Crippen LogP contribution in [0.3, 0.4) is 0 Å². The average Bonchev–Trinajstić information content (AvgIpc) is 3.30. The smallest absolute Gasteiger partial charge is 0.227 e. The number of rotatable bonds is 8. The van der Waals surface area contributed by atoms with Gasteiger partial charge in [-0.1, -0.05) is 35.0 Å². The number of benzene rings is 3. The number of nitrogens with one attached hydrogen (secondary N) is 1. The molecule has 4 rings (SSSR count). The van der Waals surface area contributed by atoms with Gasteiger partial charge in [-0.15, -0.1) is 0 Å². The molecule has 7 nitrogen and oxygen atoms in total. The topological polar surface area (TPSA) is 86.5 Å². The molecule has 32 heavy (non-hydrogen) atoms. The number of anilines is 1. The van der Waals surface area contributed by atoms with Gasteiger partial charge in [0.05, 0.1) is 12.8 Å². The van der Waals surface area contributed by atoms with Gasteiger partial charge in [-0.3, -0.25) is 4.79 Å². The van der Waals surface area contributed by atoms with Crippen LogP contribution in [0, 0.1) is 6.92 Å². The highest BCUT2D eigenvalue weighted by Gasteiger charge is 2.13. The van der Waals surface area contributed by atoms with Crippen molar-refractivity contribution in [2.45, 2.75) is 19.8 Å². The van der Waals surface area contributed by atoms with E-state index in [1.54, 1.807) is 13.2 Å². The second kappa shape index (κ2) is 9.78. The van der Waals surface area contributed by atoms with Crippen LogP contribution in [0.5, 0.6) is 17.2 Å². The molecule has 7 heteroatoms. The van der Waals surface area contributed by atoms with Crippen LogP contribution in [-0.4, -0.2) is 23.2 Å². The highest BCUT2D eigenvalue weighted by molar-refractivity contribution is 5.92. The molecule has 0 saturated carbocycles. The number of aromatic nitrogens is 2. The summed E-state index contributed by atoms with van der Waals surface area (Å²) in [7, 11) is 1.61. The summed E-state index contributed by atoms with van der Waals surface area (Å²) in [6, 6.07) is 22.4. The van der Waals surface area contributed by atoms with E-state index in [0.717, 1.165) is 16.9 Å². The number of nitrogens with zero attached hydrogens (tertiary/aromatic N) is 2. The van der Waals surface area contributed by atoms with Gasteiger partial charge >= 0.3 is 0 Å². The van der Waals surface area contributed by atoms with E-state index in [9.17, 15) is 4.79 Å². The largest absolute Gasteiger partial charge is 0.497 e. The van der Waals surface area contributed by atoms with E-state index in [-0.39, 0.29) is 12.3 Å². The lowest BCUT2D eigenvalue weighted by Gasteiger charge is -2.12. The van der Waals surface area contributed by atoms with Crippen molar-refractivity contribution in [1.29, 1.82) is 0 Å². The third kappa shape index (κ3) is 5.31. The molecule has 1 N–H and O–H groups in total. The summed E-state index contributed by atoms with van der Waals surface area (Å²) in [4.78, 5) is 16.9. The summed E-state index contributed by atoms with van der Waals surface area (Å²) in [6.07, 6.45) is 0.527. The molecule has 0 aliphatic heterocycles. The van der Waals surface area contributed by atoms with Crippen LogP contribution in [0.25, 0.3) is 11.4 Å². The Bertz CT molecular complexity index is 1180. The summed E-state index contributed by atoms with van der Waals surface area (Å²) in [5.41, 5.74) is 2.56. The zero-order chi connectivity index (χ0) is 22.3. The lowest BCUT2D eigenvalue weighted by atomic mass is 10.2. The SMILES string of the molecule is COc1ccc(-c2noc(CCC(=O)Nc3ccccc3Oc3ccc(C)cc3)n2)cc1. The van der Waals surface area contributed by atoms with E-state index in [4.69, 9.17) is 14.0 Å². The van der Waals surface area contributed by atoms with Gasteiger partial charge in [0.1, 0.15) is 11.5 Å². The fourth-order valence-corrected chi connectivity index (χ4v) is 3.04. The molecule has 162 valence electrons. The molecule has 0 atom stereocenters. The van der Waals surface area contributed by atoms with Crippen molar-refractivity contribution in [2.75, 3.05) is 12.4 Å². The molecule has 0 spiro atoms. The Kier molecular flexibility index (Phi) is 6.46. The average molecular weight is 429 g/mol. The van der Waals surface area contributed by atoms with Gasteiger partial charge in [-0.05, 0) is 55.5 Å². The first kappa shape index (κ1) is 21.1. The molecule has 0 aliphatic carbocycles. The van der Waals surface area contributed by atoms with Gasteiger partial charge in [-0.2, -0.15) is 4.98 Å². The monoisotopic (exact) mass is 429 g/mol. The van der Waals surface area contributed by atoms with E-state index < -0.39 is 0 Å². The molecule has 0 unspecified atom stereocenters. The predicted molar refractivity (Wildman–Crippen MR) is 121 cm³/mol. The van der Waals surface area contributed by atoms with Crippen molar-refractivity contribution in [3.05, 3.63) is 84.3 Å². The maximum atomic E-state index is 12.5. The zero-order valence-electron chi connectivity index (χ0n) is 17.9. The van der Waals surface area contributed by atoms with Crippen LogP contribution in [0.4, 0.5) is 5.69 Å². The maximum Gasteiger partial charge on any atom is 0.227 e. The fraction of sp³-hybridized carbons (Fsp3) is 0.160. The molecular formula is C25H23N3O4. The molecule has 0 fully saturated rings. The van der Waals surface area contributed by atoms with Crippen molar-refractivity contribution in [3.8, 4) is 28.6 Å². The molecule has 4 aromatic rings. The Morgan fingerprint density at radius 3 is 2.44 bits per heavy atom. The molecule has 1 heterocycles. The summed E-state index contributed by atoms with van der Waals surface area (Å²) >= 11 is 0. The van der Waals surface area contributed by atoms with Crippen LogP contribution in [0.15, 0.2) is 77.3 Å². The second-order valence-electron chi connectivity index (χ2n) is 7.20. The lowest BCUT2D eigenvalue weighted by Crippen LogP contribution is -2.13. The number of para-hydroxylation sites is 2. The highest BCUT2D eigenvalue weighted by atomic mass is 16.5. The molecule has 3 aromatic carbocycles. The number of ether oxygens (including phenoxy) is 2. The molecule has 0 radical (unpaired) electrons. The summed E-state index contributed by atoms with van der Waals surface area (Å²) < 4.78 is 16.4. The fourth-order valence-electron chi connectivity index (χ4n) is 3.04. The standard InChI is InChI=1S/C25H23N3O4/c1-17-7-11-20(12-8-17)31-22-6-4-3-5-21(22)26-23(29)15-16-24-27-25(28-32-24)18-9-13-19(30-2)14-10-18/h3-14H,15-16H2,1-2H3,(H,26,29). The highest BCUT2D eigenvalue weighted by Crippen LogP contribution is 2.29. The minimum absolute atomic E-state index is 0.172. The minimum atomic E-state index is -0.172. The Balaban J connectivity index is 1.35. The van der Waals surface area contributed by atoms with E-state index in [1.807, 2.05) is 73.7 Å². The van der Waals surface area contributed by atoms with Crippen molar-refractivity contribution >= 4 is 11.6 Å². The molecule has 1 aromatic heterocycles. The van der Waals surface area contributed by atoms with Gasteiger partial charge in [0.15, 0.2) is 5.75 Å². The van der Waals surface area contributed by atoms with Crippen molar-refractivity contribution in [2.24, 2.45) is 0 Å². The first-order valence-electron chi connectivity index (χ1n) is 10.2. The number of methoxy groups -OCH3 is 1. The Hall–Kier alpha value is -4.13. The predicted octanol–water partition coefficient (Wildman–Crippen LogP) is 5.42. The van der Waals surface area contributed by atoms with E-state index in [2.05, 4.69) is 15.5 Å². The van der Waals surface area contributed by atoms with E-state index in [1.165, 1.54) is 0 Å². The Morgan fingerprint density at radius 2 is 1.69 bits per heavy atom. The summed E-state index contributed by atoms with van der Waals surface area (Å²) in [5, 5.41) is 6.89. The van der Waals surface area contributed by atoms with Gasteiger partial charge in [-0.25, -0.2) is 0 Å². The van der Waals surface area contributed by atoms with Crippen LogP contribution in [-0.2, 0) is 11.2 Å². The molecular weight excluding hydrogens is 406 g/mol. The molecule has 0 bridgehead atoms. The van der Waals surface area contributed by atoms with Gasteiger partial charge in [0.25, 0.3) is 0 Å². The number of carbonyl (C=O) groups excluding carboxylic acids is 1. The third-order valence-corrected chi connectivity index (χ3v) is 4.79. The maximum absolute atomic E-state index is 12.5. The lowest BCUT2D eigenvalue weighted by molar-refractivity contribution is -0.116. The number of amides is 1. The Labute approximate surface area is 186 Å². The van der Waals surface area contributed by atoms with Crippen LogP contribution >= 0.6 is 0 Å². The number of aryl methyl sites for hydroxylation is 2. The van der Waals surface area contributed by atoms with Crippen LogP contribution < -0.4 is 14.8 Å². The van der Waals surface area contributed by atoms with E-state index >= 15 is 0 Å². The van der Waals surface area contributed by atoms with Gasteiger partial charge in [0.2, 0.25) is 17.6 Å². The molecule has 0 saturated heterocycles. The third-order valence-electron chi connectivity index (χ3n) is 4.79. The van der Waals surface area contributed by atoms with Crippen molar-refractivity contribution in [3.63, 3.8) is 0 Å². The van der Waals surface area contributed by atoms with Crippen LogP contribution in [0.1, 0.15) is 17.9 Å². The summed E-state index contributed by atoms with van der Waals surface area (Å²) in [6.45, 7) is 2.02. The second-order valence-corrected chi connectivity index (χ2v) is 7.20. The Morgan fingerprint density at radius 1 is 0.969 bits per heavy atom. The number of hydrogen-bond acceptors (Lipinski definition) is 6. The van der Waals surface area contributed by atoms with Crippen LogP contribution in [0.2, 0.25) is 0 Å². The number of hydrogen-bond donors (Lipinski definition) is 1. The first-order chi connectivity index (χ1) is 15.6. The van der Waals surface area contributed by atoms with E-state index in [0.29, 0.717) is 35.3 Å². The minimum Gasteiger partial charge on any atom is -0.497 e. The summed E-state index contributed by atoms with van der Waals surface area (Å²) in [5.74, 6) is 2.73. The molecule has 1 amide bonds.